The van der Waals surface area contributed by atoms with Crippen molar-refractivity contribution >= 4 is 17.8 Å². The lowest BCUT2D eigenvalue weighted by Gasteiger charge is -2.23. The molecule has 0 saturated carbocycles. The topological polar surface area (TPSA) is 69.7 Å². The van der Waals surface area contributed by atoms with Crippen molar-refractivity contribution in [1.29, 1.82) is 0 Å². The fourth-order valence-corrected chi connectivity index (χ4v) is 2.17. The Kier molecular flexibility index (Phi) is 3.67. The van der Waals surface area contributed by atoms with Gasteiger partial charge in [0.1, 0.15) is 17.9 Å². The molecule has 7 heteroatoms. The molecule has 21 heavy (non-hydrogen) atoms. The minimum absolute atomic E-state index is 0.0724. The number of rotatable bonds is 3. The van der Waals surface area contributed by atoms with Gasteiger partial charge < -0.3 is 10.2 Å². The van der Waals surface area contributed by atoms with Crippen LogP contribution in [0, 0.1) is 5.82 Å². The fourth-order valence-electron chi connectivity index (χ4n) is 2.17. The van der Waals surface area contributed by atoms with Crippen molar-refractivity contribution in [2.75, 3.05) is 20.6 Å². The van der Waals surface area contributed by atoms with Crippen LogP contribution in [0.2, 0.25) is 0 Å². The quantitative estimate of drug-likeness (QED) is 0.833. The molecule has 0 radical (unpaired) electrons. The highest BCUT2D eigenvalue weighted by Gasteiger charge is 2.50. The Hall–Kier alpha value is -2.44. The van der Waals surface area contributed by atoms with Crippen molar-refractivity contribution < 1.29 is 18.8 Å². The molecule has 6 nitrogen and oxygen atoms in total. The maximum absolute atomic E-state index is 13.9. The number of carbonyl (C=O) groups excluding carboxylic acids is 3. The summed E-state index contributed by atoms with van der Waals surface area (Å²) in [6, 6.07) is 5.02. The number of nitrogens with zero attached hydrogens (tertiary/aromatic N) is 2. The van der Waals surface area contributed by atoms with E-state index in [1.807, 2.05) is 0 Å². The number of halogens is 1. The molecule has 1 atom stereocenters. The zero-order valence-electron chi connectivity index (χ0n) is 12.0. The molecular formula is C14H16FN3O3. The minimum atomic E-state index is -1.50. The molecule has 1 unspecified atom stereocenters. The maximum atomic E-state index is 13.9. The van der Waals surface area contributed by atoms with Gasteiger partial charge in [0.25, 0.3) is 5.91 Å². The van der Waals surface area contributed by atoms with Gasteiger partial charge in [-0.25, -0.2) is 9.18 Å². The van der Waals surface area contributed by atoms with E-state index in [9.17, 15) is 18.8 Å². The van der Waals surface area contributed by atoms with E-state index in [1.54, 1.807) is 6.07 Å². The van der Waals surface area contributed by atoms with Crippen LogP contribution in [0.4, 0.5) is 9.18 Å². The van der Waals surface area contributed by atoms with E-state index in [0.717, 1.165) is 4.90 Å². The Morgan fingerprint density at radius 2 is 1.95 bits per heavy atom. The average Bonchev–Trinajstić information content (AvgIpc) is 2.63. The number of benzene rings is 1. The smallest absolute Gasteiger partial charge is 0.325 e. The molecule has 0 aliphatic carbocycles. The summed E-state index contributed by atoms with van der Waals surface area (Å²) in [6.07, 6.45) is 0. The number of imide groups is 1. The van der Waals surface area contributed by atoms with Crippen LogP contribution in [0.5, 0.6) is 0 Å². The Balaban J connectivity index is 2.33. The van der Waals surface area contributed by atoms with Gasteiger partial charge in [0.2, 0.25) is 5.91 Å². The van der Waals surface area contributed by atoms with Gasteiger partial charge in [0.15, 0.2) is 0 Å². The Morgan fingerprint density at radius 1 is 1.33 bits per heavy atom. The average molecular weight is 293 g/mol. The van der Waals surface area contributed by atoms with E-state index >= 15 is 0 Å². The van der Waals surface area contributed by atoms with E-state index in [-0.39, 0.29) is 12.1 Å². The lowest BCUT2D eigenvalue weighted by molar-refractivity contribution is -0.137. The van der Waals surface area contributed by atoms with Crippen LogP contribution in [0.15, 0.2) is 24.3 Å². The summed E-state index contributed by atoms with van der Waals surface area (Å²) >= 11 is 0. The number of likely N-dealkylation sites (N-methyl/N-ethyl adjacent to an activating group) is 1. The molecule has 1 aliphatic rings. The standard InChI is InChI=1S/C14H16FN3O3/c1-14(9-6-4-5-7-10(9)15)12(20)18(13(21)16-14)8-11(19)17(2)3/h4-7H,8H2,1-3H3,(H,16,21). The molecule has 0 spiro atoms. The van der Waals surface area contributed by atoms with Gasteiger partial charge in [-0.05, 0) is 13.0 Å². The van der Waals surface area contributed by atoms with Crippen LogP contribution < -0.4 is 5.32 Å². The van der Waals surface area contributed by atoms with Gasteiger partial charge in [0, 0.05) is 19.7 Å². The molecule has 112 valence electrons. The molecule has 4 amide bonds. The molecule has 0 aromatic heterocycles. The number of carbonyl (C=O) groups is 3. The zero-order valence-corrected chi connectivity index (χ0v) is 12.0. The van der Waals surface area contributed by atoms with Crippen molar-refractivity contribution in [1.82, 2.24) is 15.1 Å². The zero-order chi connectivity index (χ0) is 15.8. The van der Waals surface area contributed by atoms with Crippen molar-refractivity contribution in [3.8, 4) is 0 Å². The molecule has 1 aromatic carbocycles. The second-order valence-electron chi connectivity index (χ2n) is 5.21. The summed E-state index contributed by atoms with van der Waals surface area (Å²) in [5.74, 6) is -1.63. The fraction of sp³-hybridized carbons (Fsp3) is 0.357. The van der Waals surface area contributed by atoms with Crippen LogP contribution in [-0.2, 0) is 15.1 Å². The molecule has 1 aromatic rings. The van der Waals surface area contributed by atoms with Crippen LogP contribution in [0.3, 0.4) is 0 Å². The third-order valence-electron chi connectivity index (χ3n) is 3.48. The van der Waals surface area contributed by atoms with Gasteiger partial charge in [-0.15, -0.1) is 0 Å². The van der Waals surface area contributed by atoms with Crippen LogP contribution >= 0.6 is 0 Å². The second kappa shape index (κ2) is 5.16. The highest BCUT2D eigenvalue weighted by atomic mass is 19.1. The number of amides is 4. The van der Waals surface area contributed by atoms with Crippen molar-refractivity contribution in [2.45, 2.75) is 12.5 Å². The second-order valence-corrected chi connectivity index (χ2v) is 5.21. The summed E-state index contributed by atoms with van der Waals surface area (Å²) in [7, 11) is 3.05. The van der Waals surface area contributed by atoms with Gasteiger partial charge >= 0.3 is 6.03 Å². The first-order valence-electron chi connectivity index (χ1n) is 6.36. The van der Waals surface area contributed by atoms with Gasteiger partial charge in [-0.2, -0.15) is 0 Å². The predicted molar refractivity (Wildman–Crippen MR) is 72.7 cm³/mol. The number of hydrogen-bond donors (Lipinski definition) is 1. The van der Waals surface area contributed by atoms with Gasteiger partial charge in [0.05, 0.1) is 0 Å². The highest BCUT2D eigenvalue weighted by molar-refractivity contribution is 6.09. The summed E-state index contributed by atoms with van der Waals surface area (Å²) in [4.78, 5) is 38.2. The van der Waals surface area contributed by atoms with E-state index < -0.39 is 29.2 Å². The molecule has 1 saturated heterocycles. The monoisotopic (exact) mass is 293 g/mol. The SMILES string of the molecule is CN(C)C(=O)CN1C(=O)NC(C)(c2ccccc2F)C1=O. The van der Waals surface area contributed by atoms with E-state index in [1.165, 1.54) is 44.1 Å². The molecule has 0 bridgehead atoms. The van der Waals surface area contributed by atoms with Gasteiger partial charge in [-0.3, -0.25) is 14.5 Å². The third-order valence-corrected chi connectivity index (χ3v) is 3.48. The molecule has 1 aliphatic heterocycles. The molecule has 1 N–H and O–H groups in total. The van der Waals surface area contributed by atoms with Crippen molar-refractivity contribution in [3.63, 3.8) is 0 Å². The van der Waals surface area contributed by atoms with Crippen molar-refractivity contribution in [2.24, 2.45) is 0 Å². The van der Waals surface area contributed by atoms with Crippen LogP contribution in [0.1, 0.15) is 12.5 Å². The number of hydrogen-bond acceptors (Lipinski definition) is 3. The minimum Gasteiger partial charge on any atom is -0.347 e. The maximum Gasteiger partial charge on any atom is 0.325 e. The first kappa shape index (κ1) is 15.0. The largest absolute Gasteiger partial charge is 0.347 e. The third kappa shape index (κ3) is 2.46. The van der Waals surface area contributed by atoms with E-state index in [0.29, 0.717) is 0 Å². The Morgan fingerprint density at radius 3 is 2.52 bits per heavy atom. The van der Waals surface area contributed by atoms with Crippen molar-refractivity contribution in [3.05, 3.63) is 35.6 Å². The predicted octanol–water partition coefficient (Wildman–Crippen LogP) is 0.681. The summed E-state index contributed by atoms with van der Waals surface area (Å²) < 4.78 is 13.9. The van der Waals surface area contributed by atoms with Crippen LogP contribution in [-0.4, -0.2) is 48.3 Å². The van der Waals surface area contributed by atoms with E-state index in [2.05, 4.69) is 5.32 Å². The first-order valence-corrected chi connectivity index (χ1v) is 6.36. The van der Waals surface area contributed by atoms with Crippen LogP contribution in [0.25, 0.3) is 0 Å². The lowest BCUT2D eigenvalue weighted by atomic mass is 9.91. The summed E-state index contributed by atoms with van der Waals surface area (Å²) in [5.41, 5.74) is -1.43. The summed E-state index contributed by atoms with van der Waals surface area (Å²) in [6.45, 7) is 1.05. The Labute approximate surface area is 121 Å². The Bertz CT molecular complexity index is 617. The normalized spacial score (nSPS) is 21.4. The molecular weight excluding hydrogens is 277 g/mol. The van der Waals surface area contributed by atoms with E-state index in [4.69, 9.17) is 0 Å². The number of urea groups is 1. The first-order chi connectivity index (χ1) is 9.77. The lowest BCUT2D eigenvalue weighted by Crippen LogP contribution is -2.43. The molecule has 1 heterocycles. The number of nitrogens with one attached hydrogen (secondary N) is 1. The molecule has 1 fully saturated rings. The highest BCUT2D eigenvalue weighted by Crippen LogP contribution is 2.30. The summed E-state index contributed by atoms with van der Waals surface area (Å²) in [5, 5.41) is 2.46. The van der Waals surface area contributed by atoms with Gasteiger partial charge in [-0.1, -0.05) is 18.2 Å². The molecule has 2 rings (SSSR count).